The molecule has 2 aromatic heterocycles. The molecule has 31 heavy (non-hydrogen) atoms. The number of fused-ring (bicyclic) bond motifs is 1. The summed E-state index contributed by atoms with van der Waals surface area (Å²) >= 11 is 0. The van der Waals surface area contributed by atoms with Gasteiger partial charge in [-0.1, -0.05) is 6.07 Å². The molecule has 4 heterocycles. The number of ether oxygens (including phenoxy) is 3. The molecule has 1 aromatic carbocycles. The monoisotopic (exact) mass is 421 g/mol. The van der Waals surface area contributed by atoms with Crippen LogP contribution < -0.4 is 14.8 Å². The molecule has 1 spiro atoms. The van der Waals surface area contributed by atoms with Gasteiger partial charge in [-0.2, -0.15) is 0 Å². The van der Waals surface area contributed by atoms with E-state index in [0.717, 1.165) is 35.3 Å². The normalized spacial score (nSPS) is 19.3. The maximum Gasteiger partial charge on any atom is 0.316 e. The molecule has 8 heteroatoms. The summed E-state index contributed by atoms with van der Waals surface area (Å²) in [4.78, 5) is 21.2. The summed E-state index contributed by atoms with van der Waals surface area (Å²) in [6, 6.07) is 9.42. The molecule has 1 fully saturated rings. The number of hydrogen-bond donors (Lipinski definition) is 1. The molecule has 0 saturated carbocycles. The predicted octanol–water partition coefficient (Wildman–Crippen LogP) is 3.55. The van der Waals surface area contributed by atoms with Gasteiger partial charge in [0.2, 0.25) is 0 Å². The number of benzene rings is 1. The maximum absolute atomic E-state index is 12.8. The Kier molecular flexibility index (Phi) is 5.07. The quantitative estimate of drug-likeness (QED) is 0.688. The van der Waals surface area contributed by atoms with Crippen molar-refractivity contribution < 1.29 is 23.4 Å². The van der Waals surface area contributed by atoms with Gasteiger partial charge >= 0.3 is 6.01 Å². The van der Waals surface area contributed by atoms with E-state index in [4.69, 9.17) is 18.6 Å². The lowest BCUT2D eigenvalue weighted by Crippen LogP contribution is -2.48. The van der Waals surface area contributed by atoms with Crippen molar-refractivity contribution in [2.45, 2.75) is 30.9 Å². The zero-order chi connectivity index (χ0) is 21.3. The second kappa shape index (κ2) is 8.03. The molecule has 5 rings (SSSR count). The minimum Gasteiger partial charge on any atom is -0.487 e. The number of carbonyl (C=O) groups is 1. The number of carbonyl (C=O) groups excluding carboxylic acids is 1. The Morgan fingerprint density at radius 1 is 1.16 bits per heavy atom. The first-order valence-electron chi connectivity index (χ1n) is 10.3. The fourth-order valence-electron chi connectivity index (χ4n) is 4.24. The first kappa shape index (κ1) is 19.6. The van der Waals surface area contributed by atoms with Crippen molar-refractivity contribution in [3.05, 3.63) is 60.3 Å². The molecule has 0 bridgehead atoms. The van der Waals surface area contributed by atoms with Crippen LogP contribution in [-0.4, -0.2) is 41.8 Å². The number of nitrogens with zero attached hydrogens (tertiary/aromatic N) is 2. The molecule has 160 valence electrons. The summed E-state index contributed by atoms with van der Waals surface area (Å²) < 4.78 is 22.4. The lowest BCUT2D eigenvalue weighted by molar-refractivity contribution is -0.0639. The standard InChI is InChI=1S/C23H23N3O5/c1-28-22-24-13-16(14-25-22)15-4-5-19-17(11-15)18(26-21(27)20-3-2-8-30-20)12-23(31-19)6-9-29-10-7-23/h2-5,8,11,13-14,18H,6-7,9-10,12H2,1H3,(H,26,27). The summed E-state index contributed by atoms with van der Waals surface area (Å²) in [5, 5.41) is 3.14. The SMILES string of the molecule is COc1ncc(-c2ccc3c(c2)C(NC(=O)c2ccco2)CC2(CCOCC2)O3)cn1. The third-order valence-electron chi connectivity index (χ3n) is 5.89. The van der Waals surface area contributed by atoms with E-state index in [1.165, 1.54) is 13.4 Å². The van der Waals surface area contributed by atoms with E-state index in [2.05, 4.69) is 15.3 Å². The number of furan rings is 1. The first-order chi connectivity index (χ1) is 15.2. The maximum atomic E-state index is 12.8. The molecule has 1 N–H and O–H groups in total. The van der Waals surface area contributed by atoms with Crippen molar-refractivity contribution in [1.29, 1.82) is 0 Å². The van der Waals surface area contributed by atoms with Crippen molar-refractivity contribution in [3.63, 3.8) is 0 Å². The molecule has 3 aromatic rings. The van der Waals surface area contributed by atoms with E-state index >= 15 is 0 Å². The summed E-state index contributed by atoms with van der Waals surface area (Å²) in [7, 11) is 1.53. The molecule has 1 atom stereocenters. The average molecular weight is 421 g/mol. The van der Waals surface area contributed by atoms with Gasteiger partial charge in [-0.3, -0.25) is 4.79 Å². The highest BCUT2D eigenvalue weighted by atomic mass is 16.5. The molecule has 0 radical (unpaired) electrons. The number of aromatic nitrogens is 2. The lowest BCUT2D eigenvalue weighted by atomic mass is 9.81. The molecule has 1 amide bonds. The molecule has 2 aliphatic rings. The molecular formula is C23H23N3O5. The summed E-state index contributed by atoms with van der Waals surface area (Å²) in [5.74, 6) is 0.813. The lowest BCUT2D eigenvalue weighted by Gasteiger charge is -2.44. The van der Waals surface area contributed by atoms with Crippen LogP contribution in [0.4, 0.5) is 0 Å². The van der Waals surface area contributed by atoms with Crippen molar-refractivity contribution in [2.24, 2.45) is 0 Å². The Bertz CT molecular complexity index is 1060. The van der Waals surface area contributed by atoms with Crippen LogP contribution >= 0.6 is 0 Å². The molecule has 1 saturated heterocycles. The Morgan fingerprint density at radius 3 is 2.68 bits per heavy atom. The third kappa shape index (κ3) is 3.86. The Morgan fingerprint density at radius 2 is 1.97 bits per heavy atom. The fourth-order valence-corrected chi connectivity index (χ4v) is 4.24. The van der Waals surface area contributed by atoms with Gasteiger partial charge in [-0.05, 0) is 29.8 Å². The number of amides is 1. The van der Waals surface area contributed by atoms with E-state index in [1.54, 1.807) is 24.5 Å². The van der Waals surface area contributed by atoms with E-state index < -0.39 is 0 Å². The minimum atomic E-state index is -0.350. The summed E-state index contributed by atoms with van der Waals surface area (Å²) in [6.45, 7) is 1.30. The van der Waals surface area contributed by atoms with Gasteiger partial charge in [0.15, 0.2) is 5.76 Å². The van der Waals surface area contributed by atoms with Crippen molar-refractivity contribution in [3.8, 4) is 22.9 Å². The Hall–Kier alpha value is -3.39. The van der Waals surface area contributed by atoms with Gasteiger partial charge in [0.25, 0.3) is 5.91 Å². The topological polar surface area (TPSA) is 95.7 Å². The smallest absolute Gasteiger partial charge is 0.316 e. The highest BCUT2D eigenvalue weighted by molar-refractivity contribution is 5.91. The van der Waals surface area contributed by atoms with E-state index in [9.17, 15) is 4.79 Å². The van der Waals surface area contributed by atoms with Gasteiger partial charge in [0.05, 0.1) is 32.6 Å². The number of rotatable bonds is 4. The third-order valence-corrected chi connectivity index (χ3v) is 5.89. The minimum absolute atomic E-state index is 0.224. The molecule has 0 aliphatic carbocycles. The molecule has 1 unspecified atom stereocenters. The zero-order valence-corrected chi connectivity index (χ0v) is 17.2. The molecule has 8 nitrogen and oxygen atoms in total. The van der Waals surface area contributed by atoms with Gasteiger partial charge in [0.1, 0.15) is 11.4 Å². The van der Waals surface area contributed by atoms with Gasteiger partial charge < -0.3 is 23.9 Å². The van der Waals surface area contributed by atoms with Crippen molar-refractivity contribution in [2.75, 3.05) is 20.3 Å². The summed E-state index contributed by atoms with van der Waals surface area (Å²) in [6.07, 6.45) is 7.16. The van der Waals surface area contributed by atoms with Crippen LogP contribution in [0.25, 0.3) is 11.1 Å². The van der Waals surface area contributed by atoms with Crippen molar-refractivity contribution in [1.82, 2.24) is 15.3 Å². The van der Waals surface area contributed by atoms with Gasteiger partial charge in [-0.25, -0.2) is 9.97 Å². The fraction of sp³-hybridized carbons (Fsp3) is 0.348. The van der Waals surface area contributed by atoms with Crippen LogP contribution in [0.1, 0.15) is 41.4 Å². The van der Waals surface area contributed by atoms with Crippen LogP contribution in [0.15, 0.2) is 53.4 Å². The molecule has 2 aliphatic heterocycles. The second-order valence-electron chi connectivity index (χ2n) is 7.82. The van der Waals surface area contributed by atoms with Gasteiger partial charge in [0, 0.05) is 42.8 Å². The van der Waals surface area contributed by atoms with Crippen molar-refractivity contribution >= 4 is 5.91 Å². The largest absolute Gasteiger partial charge is 0.487 e. The zero-order valence-electron chi connectivity index (χ0n) is 17.2. The van der Waals surface area contributed by atoms with Crippen LogP contribution in [0, 0.1) is 0 Å². The number of hydrogen-bond acceptors (Lipinski definition) is 7. The van der Waals surface area contributed by atoms with Crippen LogP contribution in [0.5, 0.6) is 11.8 Å². The highest BCUT2D eigenvalue weighted by Gasteiger charge is 2.43. The van der Waals surface area contributed by atoms with E-state index in [0.29, 0.717) is 25.6 Å². The van der Waals surface area contributed by atoms with E-state index in [1.807, 2.05) is 18.2 Å². The Balaban J connectivity index is 1.50. The van der Waals surface area contributed by atoms with Crippen LogP contribution in [0.2, 0.25) is 0 Å². The number of methoxy groups -OCH3 is 1. The number of nitrogens with one attached hydrogen (secondary N) is 1. The highest BCUT2D eigenvalue weighted by Crippen LogP contribution is 2.45. The molecular weight excluding hydrogens is 398 g/mol. The average Bonchev–Trinajstić information content (AvgIpc) is 3.35. The summed E-state index contributed by atoms with van der Waals surface area (Å²) in [5.41, 5.74) is 2.36. The van der Waals surface area contributed by atoms with Crippen LogP contribution in [0.3, 0.4) is 0 Å². The Labute approximate surface area is 179 Å². The van der Waals surface area contributed by atoms with Gasteiger partial charge in [-0.15, -0.1) is 0 Å². The van der Waals surface area contributed by atoms with E-state index in [-0.39, 0.29) is 23.3 Å². The van der Waals surface area contributed by atoms with Crippen LogP contribution in [-0.2, 0) is 4.74 Å². The second-order valence-corrected chi connectivity index (χ2v) is 7.82. The first-order valence-corrected chi connectivity index (χ1v) is 10.3. The predicted molar refractivity (Wildman–Crippen MR) is 111 cm³/mol.